The van der Waals surface area contributed by atoms with Crippen molar-refractivity contribution in [1.82, 2.24) is 10.2 Å². The van der Waals surface area contributed by atoms with Crippen LogP contribution in [0.5, 0.6) is 0 Å². The molecule has 0 saturated carbocycles. The molecule has 0 aliphatic rings. The van der Waals surface area contributed by atoms with E-state index in [1.165, 1.54) is 4.90 Å². The van der Waals surface area contributed by atoms with Gasteiger partial charge in [-0.1, -0.05) is 0 Å². The molecule has 0 radical (unpaired) electrons. The van der Waals surface area contributed by atoms with Crippen molar-refractivity contribution in [2.45, 2.75) is 19.8 Å². The summed E-state index contributed by atoms with van der Waals surface area (Å²) in [7, 11) is 0. The summed E-state index contributed by atoms with van der Waals surface area (Å²) in [6, 6.07) is -0.410. The number of hydrogen-bond acceptors (Lipinski definition) is 3. The summed E-state index contributed by atoms with van der Waals surface area (Å²) in [4.78, 5) is 33.5. The topological polar surface area (TPSA) is 113 Å². The minimum Gasteiger partial charge on any atom is -0.481 e. The highest BCUT2D eigenvalue weighted by Crippen LogP contribution is 1.91. The van der Waals surface area contributed by atoms with Gasteiger partial charge in [-0.05, 0) is 13.3 Å². The summed E-state index contributed by atoms with van der Waals surface area (Å²) in [5.41, 5.74) is 4.96. The minimum atomic E-state index is -0.904. The van der Waals surface area contributed by atoms with Crippen LogP contribution in [0.1, 0.15) is 19.8 Å². The molecule has 0 aromatic rings. The van der Waals surface area contributed by atoms with Gasteiger partial charge in [0, 0.05) is 19.5 Å². The Morgan fingerprint density at radius 3 is 2.44 bits per heavy atom. The Kier molecular flexibility index (Phi) is 6.66. The third-order valence-electron chi connectivity index (χ3n) is 1.86. The van der Waals surface area contributed by atoms with E-state index < -0.39 is 17.9 Å². The molecule has 0 heterocycles. The van der Waals surface area contributed by atoms with E-state index in [0.29, 0.717) is 13.0 Å². The number of primary amides is 1. The van der Waals surface area contributed by atoms with Crippen LogP contribution >= 0.6 is 0 Å². The van der Waals surface area contributed by atoms with Crippen molar-refractivity contribution in [3.63, 3.8) is 0 Å². The summed E-state index contributed by atoms with van der Waals surface area (Å²) in [5.74, 6) is -1.48. The largest absolute Gasteiger partial charge is 0.481 e. The number of carboxylic acids is 1. The molecule has 0 aliphatic heterocycles. The van der Waals surface area contributed by atoms with Gasteiger partial charge >= 0.3 is 12.0 Å². The molecule has 0 fully saturated rings. The number of nitrogens with one attached hydrogen (secondary N) is 1. The zero-order valence-corrected chi connectivity index (χ0v) is 9.23. The number of carboxylic acid groups (broad SMARTS) is 1. The average molecular weight is 231 g/mol. The fourth-order valence-corrected chi connectivity index (χ4v) is 1.06. The van der Waals surface area contributed by atoms with Crippen LogP contribution in [0, 0.1) is 0 Å². The Morgan fingerprint density at radius 1 is 1.38 bits per heavy atom. The van der Waals surface area contributed by atoms with Crippen molar-refractivity contribution >= 4 is 17.9 Å². The van der Waals surface area contributed by atoms with Gasteiger partial charge in [-0.15, -0.1) is 0 Å². The number of nitrogens with zero attached hydrogens (tertiary/aromatic N) is 1. The van der Waals surface area contributed by atoms with Crippen LogP contribution in [0.2, 0.25) is 0 Å². The van der Waals surface area contributed by atoms with E-state index in [-0.39, 0.29) is 19.5 Å². The predicted molar refractivity (Wildman–Crippen MR) is 56.7 cm³/mol. The molecule has 0 spiro atoms. The first kappa shape index (κ1) is 14.2. The SMILES string of the molecule is CCN(CC(N)=O)C(=O)NCCCC(=O)O. The standard InChI is InChI=1S/C9H17N3O4/c1-2-12(6-7(10)13)9(16)11-5-3-4-8(14)15/h2-6H2,1H3,(H2,10,13)(H,11,16)(H,14,15). The third-order valence-corrected chi connectivity index (χ3v) is 1.86. The van der Waals surface area contributed by atoms with Crippen LogP contribution in [-0.2, 0) is 9.59 Å². The molecular weight excluding hydrogens is 214 g/mol. The van der Waals surface area contributed by atoms with Crippen molar-refractivity contribution < 1.29 is 19.5 Å². The van der Waals surface area contributed by atoms with E-state index in [1.807, 2.05) is 0 Å². The molecule has 16 heavy (non-hydrogen) atoms. The van der Waals surface area contributed by atoms with E-state index >= 15 is 0 Å². The van der Waals surface area contributed by atoms with E-state index in [1.54, 1.807) is 6.92 Å². The molecule has 0 bridgehead atoms. The lowest BCUT2D eigenvalue weighted by Gasteiger charge is -2.19. The number of nitrogens with two attached hydrogens (primary N) is 1. The van der Waals surface area contributed by atoms with E-state index in [0.717, 1.165) is 0 Å². The number of carbonyl (C=O) groups excluding carboxylic acids is 2. The van der Waals surface area contributed by atoms with E-state index in [2.05, 4.69) is 5.32 Å². The Hall–Kier alpha value is -1.79. The molecule has 0 unspecified atom stereocenters. The average Bonchev–Trinajstić information content (AvgIpc) is 2.20. The molecule has 0 atom stereocenters. The monoisotopic (exact) mass is 231 g/mol. The molecule has 0 aromatic heterocycles. The highest BCUT2D eigenvalue weighted by Gasteiger charge is 2.12. The molecule has 7 nitrogen and oxygen atoms in total. The van der Waals surface area contributed by atoms with Crippen LogP contribution in [0.4, 0.5) is 4.79 Å². The zero-order valence-electron chi connectivity index (χ0n) is 9.23. The number of urea groups is 1. The van der Waals surface area contributed by atoms with Crippen LogP contribution < -0.4 is 11.1 Å². The van der Waals surface area contributed by atoms with Crippen LogP contribution in [0.25, 0.3) is 0 Å². The minimum absolute atomic E-state index is 0.00221. The van der Waals surface area contributed by atoms with Crippen molar-refractivity contribution in [1.29, 1.82) is 0 Å². The smallest absolute Gasteiger partial charge is 0.317 e. The number of aliphatic carboxylic acids is 1. The molecule has 3 amide bonds. The number of rotatable bonds is 7. The van der Waals surface area contributed by atoms with E-state index in [4.69, 9.17) is 10.8 Å². The maximum Gasteiger partial charge on any atom is 0.317 e. The van der Waals surface area contributed by atoms with Crippen molar-refractivity contribution in [3.05, 3.63) is 0 Å². The summed E-state index contributed by atoms with van der Waals surface area (Å²) >= 11 is 0. The van der Waals surface area contributed by atoms with Crippen LogP contribution in [0.15, 0.2) is 0 Å². The van der Waals surface area contributed by atoms with Crippen LogP contribution in [-0.4, -0.2) is 47.5 Å². The van der Waals surface area contributed by atoms with Crippen molar-refractivity contribution in [2.24, 2.45) is 5.73 Å². The summed E-state index contributed by atoms with van der Waals surface area (Å²) in [6.07, 6.45) is 0.359. The van der Waals surface area contributed by atoms with Gasteiger partial charge < -0.3 is 21.1 Å². The third kappa shape index (κ3) is 6.63. The fourth-order valence-electron chi connectivity index (χ4n) is 1.06. The lowest BCUT2D eigenvalue weighted by Crippen LogP contribution is -2.44. The van der Waals surface area contributed by atoms with Gasteiger partial charge in [-0.2, -0.15) is 0 Å². The van der Waals surface area contributed by atoms with Crippen molar-refractivity contribution in [2.75, 3.05) is 19.6 Å². The molecule has 0 rings (SSSR count). The van der Waals surface area contributed by atoms with Gasteiger partial charge in [-0.25, -0.2) is 4.79 Å². The Balaban J connectivity index is 3.84. The second-order valence-corrected chi connectivity index (χ2v) is 3.21. The van der Waals surface area contributed by atoms with Gasteiger partial charge in [0.2, 0.25) is 5.91 Å². The van der Waals surface area contributed by atoms with Gasteiger partial charge in [0.15, 0.2) is 0 Å². The molecule has 4 N–H and O–H groups in total. The summed E-state index contributed by atoms with van der Waals surface area (Å²) < 4.78 is 0. The highest BCUT2D eigenvalue weighted by atomic mass is 16.4. The highest BCUT2D eigenvalue weighted by molar-refractivity contribution is 5.82. The lowest BCUT2D eigenvalue weighted by atomic mass is 10.3. The van der Waals surface area contributed by atoms with Crippen molar-refractivity contribution in [3.8, 4) is 0 Å². The number of likely N-dealkylation sites (N-methyl/N-ethyl adjacent to an activating group) is 1. The summed E-state index contributed by atoms with van der Waals surface area (Å²) in [5, 5.41) is 10.9. The first-order chi connectivity index (χ1) is 7.47. The number of hydrogen-bond donors (Lipinski definition) is 3. The normalized spacial score (nSPS) is 9.56. The maximum atomic E-state index is 11.4. The molecule has 0 aromatic carbocycles. The zero-order chi connectivity index (χ0) is 12.6. The van der Waals surface area contributed by atoms with Crippen LogP contribution in [0.3, 0.4) is 0 Å². The first-order valence-electron chi connectivity index (χ1n) is 5.00. The molecule has 7 heteroatoms. The second-order valence-electron chi connectivity index (χ2n) is 3.21. The Morgan fingerprint density at radius 2 is 2.00 bits per heavy atom. The van der Waals surface area contributed by atoms with Gasteiger partial charge in [0.05, 0.1) is 0 Å². The molecule has 92 valence electrons. The predicted octanol–water partition coefficient (Wildman–Crippen LogP) is -0.632. The van der Waals surface area contributed by atoms with Gasteiger partial charge in [-0.3, -0.25) is 9.59 Å². The fraction of sp³-hybridized carbons (Fsp3) is 0.667. The maximum absolute atomic E-state index is 11.4. The van der Waals surface area contributed by atoms with Gasteiger partial charge in [0.25, 0.3) is 0 Å². The first-order valence-corrected chi connectivity index (χ1v) is 5.00. The Bertz CT molecular complexity index is 267. The summed E-state index contributed by atoms with van der Waals surface area (Å²) in [6.45, 7) is 2.22. The van der Waals surface area contributed by atoms with E-state index in [9.17, 15) is 14.4 Å². The number of amides is 3. The molecule has 0 saturated heterocycles. The molecule has 0 aliphatic carbocycles. The number of carbonyl (C=O) groups is 3. The second kappa shape index (κ2) is 7.49. The lowest BCUT2D eigenvalue weighted by molar-refractivity contribution is -0.137. The molecular formula is C9H17N3O4. The van der Waals surface area contributed by atoms with Gasteiger partial charge in [0.1, 0.15) is 6.54 Å². The quantitative estimate of drug-likeness (QED) is 0.506. The Labute approximate surface area is 93.6 Å².